The lowest BCUT2D eigenvalue weighted by Crippen LogP contribution is -2.46. The van der Waals surface area contributed by atoms with Gasteiger partial charge in [-0.1, -0.05) is 17.3 Å². The lowest BCUT2D eigenvalue weighted by Gasteiger charge is -2.35. The first-order chi connectivity index (χ1) is 10.5. The molecule has 1 aromatic heterocycles. The second-order valence-electron chi connectivity index (χ2n) is 5.90. The number of rotatable bonds is 3. The van der Waals surface area contributed by atoms with Crippen molar-refractivity contribution in [2.75, 3.05) is 13.2 Å². The SMILES string of the molecule is Cc1ccc(-c2noc(CN3C[C@@H](C)OC[C@H]3C)n2)cc1F. The van der Waals surface area contributed by atoms with Crippen LogP contribution < -0.4 is 0 Å². The Kier molecular flexibility index (Phi) is 4.22. The van der Waals surface area contributed by atoms with Gasteiger partial charge in [-0.05, 0) is 32.4 Å². The molecule has 0 saturated carbocycles. The number of morpholine rings is 1. The summed E-state index contributed by atoms with van der Waals surface area (Å²) in [7, 11) is 0. The molecule has 0 aliphatic carbocycles. The van der Waals surface area contributed by atoms with Crippen molar-refractivity contribution in [1.82, 2.24) is 15.0 Å². The van der Waals surface area contributed by atoms with Gasteiger partial charge in [0.05, 0.1) is 19.3 Å². The van der Waals surface area contributed by atoms with Crippen LogP contribution in [0.5, 0.6) is 0 Å². The normalized spacial score (nSPS) is 22.9. The summed E-state index contributed by atoms with van der Waals surface area (Å²) in [5.74, 6) is 0.694. The molecule has 1 saturated heterocycles. The lowest BCUT2D eigenvalue weighted by atomic mass is 10.1. The molecule has 0 N–H and O–H groups in total. The van der Waals surface area contributed by atoms with Crippen LogP contribution >= 0.6 is 0 Å². The van der Waals surface area contributed by atoms with Crippen molar-refractivity contribution in [2.24, 2.45) is 0 Å². The third kappa shape index (κ3) is 3.18. The van der Waals surface area contributed by atoms with E-state index in [0.717, 1.165) is 6.54 Å². The van der Waals surface area contributed by atoms with E-state index in [4.69, 9.17) is 9.26 Å². The highest BCUT2D eigenvalue weighted by molar-refractivity contribution is 5.54. The molecule has 2 heterocycles. The molecule has 1 aromatic carbocycles. The highest BCUT2D eigenvalue weighted by Gasteiger charge is 2.25. The molecule has 1 aliphatic heterocycles. The van der Waals surface area contributed by atoms with Crippen LogP contribution in [0.2, 0.25) is 0 Å². The van der Waals surface area contributed by atoms with Crippen LogP contribution in [0.4, 0.5) is 4.39 Å². The third-order valence-electron chi connectivity index (χ3n) is 3.97. The Morgan fingerprint density at radius 3 is 2.95 bits per heavy atom. The van der Waals surface area contributed by atoms with Crippen molar-refractivity contribution >= 4 is 0 Å². The van der Waals surface area contributed by atoms with E-state index in [1.165, 1.54) is 6.07 Å². The van der Waals surface area contributed by atoms with Crippen molar-refractivity contribution in [2.45, 2.75) is 39.5 Å². The molecule has 6 heteroatoms. The fourth-order valence-corrected chi connectivity index (χ4v) is 2.53. The molecule has 0 amide bonds. The Morgan fingerprint density at radius 2 is 2.18 bits per heavy atom. The summed E-state index contributed by atoms with van der Waals surface area (Å²) in [6.07, 6.45) is 0.199. The van der Waals surface area contributed by atoms with Crippen molar-refractivity contribution in [3.63, 3.8) is 0 Å². The van der Waals surface area contributed by atoms with E-state index < -0.39 is 0 Å². The molecular formula is C16H20FN3O2. The van der Waals surface area contributed by atoms with Gasteiger partial charge in [-0.2, -0.15) is 4.98 Å². The molecule has 1 aliphatic rings. The fraction of sp³-hybridized carbons (Fsp3) is 0.500. The molecule has 2 atom stereocenters. The molecule has 5 nitrogen and oxygen atoms in total. The number of hydrogen-bond acceptors (Lipinski definition) is 5. The van der Waals surface area contributed by atoms with Gasteiger partial charge in [0.1, 0.15) is 5.82 Å². The van der Waals surface area contributed by atoms with E-state index in [1.54, 1.807) is 19.1 Å². The first kappa shape index (κ1) is 15.1. The third-order valence-corrected chi connectivity index (χ3v) is 3.97. The number of aromatic nitrogens is 2. The van der Waals surface area contributed by atoms with E-state index in [-0.39, 0.29) is 11.9 Å². The Labute approximate surface area is 129 Å². The Balaban J connectivity index is 1.74. The quantitative estimate of drug-likeness (QED) is 0.873. The Bertz CT molecular complexity index is 659. The summed E-state index contributed by atoms with van der Waals surface area (Å²) in [6, 6.07) is 5.26. The van der Waals surface area contributed by atoms with Gasteiger partial charge in [0, 0.05) is 18.2 Å². The standard InChI is InChI=1S/C16H20FN3O2/c1-10-4-5-13(6-14(10)17)16-18-15(22-19-16)8-20-7-12(3)21-9-11(20)2/h4-6,11-12H,7-9H2,1-3H3/t11-,12-/m1/s1. The summed E-state index contributed by atoms with van der Waals surface area (Å²) in [4.78, 5) is 6.63. The van der Waals surface area contributed by atoms with Gasteiger partial charge in [-0.3, -0.25) is 4.90 Å². The van der Waals surface area contributed by atoms with E-state index in [0.29, 0.717) is 42.0 Å². The van der Waals surface area contributed by atoms with Crippen molar-refractivity contribution in [3.8, 4) is 11.4 Å². The maximum Gasteiger partial charge on any atom is 0.241 e. The van der Waals surface area contributed by atoms with Crippen molar-refractivity contribution < 1.29 is 13.7 Å². The van der Waals surface area contributed by atoms with Gasteiger partial charge in [-0.25, -0.2) is 4.39 Å². The first-order valence-corrected chi connectivity index (χ1v) is 7.47. The molecular weight excluding hydrogens is 285 g/mol. The Morgan fingerprint density at radius 1 is 1.36 bits per heavy atom. The van der Waals surface area contributed by atoms with E-state index in [9.17, 15) is 4.39 Å². The molecule has 0 spiro atoms. The minimum Gasteiger partial charge on any atom is -0.376 e. The predicted octanol–water partition coefficient (Wildman–Crippen LogP) is 2.79. The number of halogens is 1. The maximum atomic E-state index is 13.6. The molecule has 0 radical (unpaired) electrons. The summed E-state index contributed by atoms with van der Waals surface area (Å²) in [6.45, 7) is 7.99. The average Bonchev–Trinajstić information content (AvgIpc) is 2.94. The monoisotopic (exact) mass is 305 g/mol. The van der Waals surface area contributed by atoms with Crippen molar-refractivity contribution in [3.05, 3.63) is 35.5 Å². The molecule has 22 heavy (non-hydrogen) atoms. The minimum atomic E-state index is -0.264. The molecule has 0 unspecified atom stereocenters. The van der Waals surface area contributed by atoms with Gasteiger partial charge >= 0.3 is 0 Å². The fourth-order valence-electron chi connectivity index (χ4n) is 2.53. The summed E-state index contributed by atoms with van der Waals surface area (Å²) >= 11 is 0. The average molecular weight is 305 g/mol. The smallest absolute Gasteiger partial charge is 0.241 e. The highest BCUT2D eigenvalue weighted by atomic mass is 19.1. The zero-order valence-corrected chi connectivity index (χ0v) is 13.0. The number of benzene rings is 1. The molecule has 1 fully saturated rings. The van der Waals surface area contributed by atoms with Gasteiger partial charge in [0.15, 0.2) is 0 Å². The molecule has 118 valence electrons. The van der Waals surface area contributed by atoms with E-state index in [1.807, 2.05) is 6.92 Å². The zero-order chi connectivity index (χ0) is 15.7. The zero-order valence-electron chi connectivity index (χ0n) is 13.0. The maximum absolute atomic E-state index is 13.6. The number of ether oxygens (including phenoxy) is 1. The van der Waals surface area contributed by atoms with Crippen LogP contribution in [-0.2, 0) is 11.3 Å². The van der Waals surface area contributed by atoms with Crippen LogP contribution in [0.3, 0.4) is 0 Å². The highest BCUT2D eigenvalue weighted by Crippen LogP contribution is 2.20. The van der Waals surface area contributed by atoms with Crippen molar-refractivity contribution in [1.29, 1.82) is 0 Å². The van der Waals surface area contributed by atoms with Crippen LogP contribution in [0.15, 0.2) is 22.7 Å². The van der Waals surface area contributed by atoms with Crippen LogP contribution in [0, 0.1) is 12.7 Å². The molecule has 2 aromatic rings. The van der Waals surface area contributed by atoms with Crippen LogP contribution in [-0.4, -0.2) is 40.3 Å². The second kappa shape index (κ2) is 6.14. The molecule has 0 bridgehead atoms. The minimum absolute atomic E-state index is 0.199. The summed E-state index contributed by atoms with van der Waals surface area (Å²) in [5.41, 5.74) is 1.23. The molecule has 3 rings (SSSR count). The van der Waals surface area contributed by atoms with Gasteiger partial charge in [0.25, 0.3) is 0 Å². The number of aryl methyl sites for hydroxylation is 1. The topological polar surface area (TPSA) is 51.4 Å². The van der Waals surface area contributed by atoms with Crippen LogP contribution in [0.25, 0.3) is 11.4 Å². The first-order valence-electron chi connectivity index (χ1n) is 7.47. The Hall–Kier alpha value is -1.79. The van der Waals surface area contributed by atoms with Gasteiger partial charge in [0.2, 0.25) is 11.7 Å². The van der Waals surface area contributed by atoms with Crippen LogP contribution in [0.1, 0.15) is 25.3 Å². The van der Waals surface area contributed by atoms with E-state index >= 15 is 0 Å². The van der Waals surface area contributed by atoms with E-state index in [2.05, 4.69) is 22.0 Å². The lowest BCUT2D eigenvalue weighted by molar-refractivity contribution is -0.0555. The van der Waals surface area contributed by atoms with Gasteiger partial charge < -0.3 is 9.26 Å². The summed E-state index contributed by atoms with van der Waals surface area (Å²) in [5, 5.41) is 3.96. The number of hydrogen-bond donors (Lipinski definition) is 0. The van der Waals surface area contributed by atoms with Gasteiger partial charge in [-0.15, -0.1) is 0 Å². The second-order valence-corrected chi connectivity index (χ2v) is 5.90. The predicted molar refractivity (Wildman–Crippen MR) is 79.7 cm³/mol. The number of nitrogens with zero attached hydrogens (tertiary/aromatic N) is 3. The largest absolute Gasteiger partial charge is 0.376 e. The summed E-state index contributed by atoms with van der Waals surface area (Å²) < 4.78 is 24.5.